The summed E-state index contributed by atoms with van der Waals surface area (Å²) < 4.78 is 13.1. The summed E-state index contributed by atoms with van der Waals surface area (Å²) in [4.78, 5) is 8.61. The summed E-state index contributed by atoms with van der Waals surface area (Å²) in [7, 11) is 0. The molecule has 0 atom stereocenters. The third-order valence-electron chi connectivity index (χ3n) is 4.24. The summed E-state index contributed by atoms with van der Waals surface area (Å²) in [6.07, 6.45) is 4.97. The van der Waals surface area contributed by atoms with Gasteiger partial charge in [0.05, 0.1) is 6.54 Å². The van der Waals surface area contributed by atoms with Crippen molar-refractivity contribution in [1.82, 2.24) is 4.98 Å². The van der Waals surface area contributed by atoms with Crippen LogP contribution in [0, 0.1) is 5.82 Å². The maximum Gasteiger partial charge on any atom is 0.194 e. The molecule has 5 heteroatoms. The van der Waals surface area contributed by atoms with Crippen LogP contribution in [0.25, 0.3) is 0 Å². The topological polar surface area (TPSA) is 63.3 Å². The van der Waals surface area contributed by atoms with Crippen LogP contribution in [0.5, 0.6) is 0 Å². The standard InChI is InChI=1S/C17H19FN4/c18-14-7-5-13(6-8-14)17(9-3-10-17)12-21-16(19)22-15-4-1-2-11-20-15/h1-2,4-8,11H,3,9-10,12H2,(H3,19,20,21,22). The molecule has 114 valence electrons. The Kier molecular flexibility index (Phi) is 4.04. The number of nitrogens with zero attached hydrogens (tertiary/aromatic N) is 2. The predicted octanol–water partition coefficient (Wildman–Crippen LogP) is 3.07. The average molecular weight is 298 g/mol. The van der Waals surface area contributed by atoms with Crippen LogP contribution >= 0.6 is 0 Å². The molecule has 0 spiro atoms. The lowest BCUT2D eigenvalue weighted by Crippen LogP contribution is -2.38. The molecule has 0 unspecified atom stereocenters. The molecule has 1 fully saturated rings. The Labute approximate surface area is 129 Å². The Hall–Kier alpha value is -2.43. The summed E-state index contributed by atoms with van der Waals surface area (Å²) in [6, 6.07) is 12.3. The van der Waals surface area contributed by atoms with Crippen molar-refractivity contribution in [3.05, 3.63) is 60.0 Å². The normalized spacial score (nSPS) is 16.9. The van der Waals surface area contributed by atoms with Crippen molar-refractivity contribution in [2.75, 3.05) is 11.9 Å². The molecule has 3 rings (SSSR count). The molecular formula is C17H19FN4. The molecule has 0 radical (unpaired) electrons. The van der Waals surface area contributed by atoms with E-state index in [1.54, 1.807) is 6.20 Å². The number of anilines is 1. The van der Waals surface area contributed by atoms with E-state index in [0.29, 0.717) is 18.3 Å². The monoisotopic (exact) mass is 298 g/mol. The molecule has 1 aromatic heterocycles. The van der Waals surface area contributed by atoms with Crippen LogP contribution in [0.1, 0.15) is 24.8 Å². The van der Waals surface area contributed by atoms with Gasteiger partial charge in [-0.1, -0.05) is 24.6 Å². The van der Waals surface area contributed by atoms with Crippen molar-refractivity contribution in [2.24, 2.45) is 10.7 Å². The van der Waals surface area contributed by atoms with Crippen LogP contribution in [0.15, 0.2) is 53.7 Å². The van der Waals surface area contributed by atoms with Crippen molar-refractivity contribution in [3.63, 3.8) is 0 Å². The Balaban J connectivity index is 1.70. The Morgan fingerprint density at radius 3 is 2.59 bits per heavy atom. The number of halogens is 1. The van der Waals surface area contributed by atoms with Crippen LogP contribution in [-0.2, 0) is 5.41 Å². The van der Waals surface area contributed by atoms with E-state index in [1.807, 2.05) is 30.3 Å². The molecule has 2 aromatic rings. The maximum absolute atomic E-state index is 13.1. The molecule has 0 saturated heterocycles. The molecule has 0 bridgehead atoms. The minimum absolute atomic E-state index is 0.00981. The average Bonchev–Trinajstić information content (AvgIpc) is 2.49. The quantitative estimate of drug-likeness (QED) is 0.673. The summed E-state index contributed by atoms with van der Waals surface area (Å²) in [5.74, 6) is 0.818. The number of aromatic nitrogens is 1. The fourth-order valence-corrected chi connectivity index (χ4v) is 2.79. The van der Waals surface area contributed by atoms with E-state index in [4.69, 9.17) is 5.73 Å². The van der Waals surface area contributed by atoms with Crippen molar-refractivity contribution in [3.8, 4) is 0 Å². The van der Waals surface area contributed by atoms with Crippen LogP contribution in [0.4, 0.5) is 10.2 Å². The van der Waals surface area contributed by atoms with Gasteiger partial charge >= 0.3 is 0 Å². The number of hydrogen-bond donors (Lipinski definition) is 2. The van der Waals surface area contributed by atoms with E-state index >= 15 is 0 Å². The van der Waals surface area contributed by atoms with Crippen LogP contribution in [-0.4, -0.2) is 17.5 Å². The van der Waals surface area contributed by atoms with E-state index in [9.17, 15) is 4.39 Å². The number of rotatable bonds is 4. The van der Waals surface area contributed by atoms with Gasteiger partial charge in [-0.05, 0) is 42.7 Å². The zero-order valence-electron chi connectivity index (χ0n) is 12.3. The molecule has 1 aromatic carbocycles. The van der Waals surface area contributed by atoms with Gasteiger partial charge in [0.15, 0.2) is 5.96 Å². The van der Waals surface area contributed by atoms with Gasteiger partial charge in [-0.15, -0.1) is 0 Å². The Morgan fingerprint density at radius 2 is 2.00 bits per heavy atom. The maximum atomic E-state index is 13.1. The predicted molar refractivity (Wildman–Crippen MR) is 86.3 cm³/mol. The first-order chi connectivity index (χ1) is 10.7. The molecule has 1 aliphatic carbocycles. The molecule has 0 amide bonds. The minimum atomic E-state index is -0.210. The van der Waals surface area contributed by atoms with Gasteiger partial charge in [-0.3, -0.25) is 4.99 Å². The zero-order chi connectivity index (χ0) is 15.4. The number of benzene rings is 1. The van der Waals surface area contributed by atoms with Crippen LogP contribution in [0.3, 0.4) is 0 Å². The molecule has 1 saturated carbocycles. The third kappa shape index (κ3) is 3.08. The number of guanidine groups is 1. The van der Waals surface area contributed by atoms with Crippen molar-refractivity contribution in [2.45, 2.75) is 24.7 Å². The molecule has 3 N–H and O–H groups in total. The molecule has 4 nitrogen and oxygen atoms in total. The van der Waals surface area contributed by atoms with Crippen molar-refractivity contribution in [1.29, 1.82) is 0 Å². The van der Waals surface area contributed by atoms with Crippen molar-refractivity contribution >= 4 is 11.8 Å². The highest BCUT2D eigenvalue weighted by molar-refractivity contribution is 5.91. The van der Waals surface area contributed by atoms with Gasteiger partial charge in [0.1, 0.15) is 11.6 Å². The van der Waals surface area contributed by atoms with Crippen LogP contribution < -0.4 is 11.1 Å². The highest BCUT2D eigenvalue weighted by Crippen LogP contribution is 2.44. The van der Waals surface area contributed by atoms with E-state index in [-0.39, 0.29) is 11.2 Å². The van der Waals surface area contributed by atoms with E-state index in [1.165, 1.54) is 18.6 Å². The summed E-state index contributed by atoms with van der Waals surface area (Å²) in [5.41, 5.74) is 7.06. The van der Waals surface area contributed by atoms with Gasteiger partial charge < -0.3 is 11.1 Å². The van der Waals surface area contributed by atoms with Gasteiger partial charge in [0.25, 0.3) is 0 Å². The molecular weight excluding hydrogens is 279 g/mol. The third-order valence-corrected chi connectivity index (χ3v) is 4.24. The van der Waals surface area contributed by atoms with E-state index in [2.05, 4.69) is 15.3 Å². The minimum Gasteiger partial charge on any atom is -0.370 e. The summed E-state index contributed by atoms with van der Waals surface area (Å²) >= 11 is 0. The van der Waals surface area contributed by atoms with Crippen LogP contribution in [0.2, 0.25) is 0 Å². The van der Waals surface area contributed by atoms with Gasteiger partial charge in [0.2, 0.25) is 0 Å². The van der Waals surface area contributed by atoms with Gasteiger partial charge in [0, 0.05) is 11.6 Å². The molecule has 1 heterocycles. The lowest BCUT2D eigenvalue weighted by Gasteiger charge is -2.41. The van der Waals surface area contributed by atoms with Crippen molar-refractivity contribution < 1.29 is 4.39 Å². The highest BCUT2D eigenvalue weighted by atomic mass is 19.1. The first-order valence-corrected chi connectivity index (χ1v) is 7.42. The van der Waals surface area contributed by atoms with Gasteiger partial charge in [-0.2, -0.15) is 0 Å². The van der Waals surface area contributed by atoms with E-state index < -0.39 is 0 Å². The SMILES string of the molecule is NC(=NCC1(c2ccc(F)cc2)CCC1)Nc1ccccn1. The summed E-state index contributed by atoms with van der Waals surface area (Å²) in [6.45, 7) is 0.601. The fraction of sp³-hybridized carbons (Fsp3) is 0.294. The Bertz CT molecular complexity index is 648. The summed E-state index contributed by atoms with van der Waals surface area (Å²) in [5, 5.41) is 2.98. The second kappa shape index (κ2) is 6.13. The van der Waals surface area contributed by atoms with Gasteiger partial charge in [-0.25, -0.2) is 9.37 Å². The number of aliphatic imine (C=N–C) groups is 1. The number of nitrogens with one attached hydrogen (secondary N) is 1. The lowest BCUT2D eigenvalue weighted by atomic mass is 9.64. The number of hydrogen-bond acceptors (Lipinski definition) is 2. The lowest BCUT2D eigenvalue weighted by molar-refractivity contribution is 0.253. The second-order valence-electron chi connectivity index (χ2n) is 5.68. The number of nitrogens with two attached hydrogens (primary N) is 1. The Morgan fingerprint density at radius 1 is 1.23 bits per heavy atom. The second-order valence-corrected chi connectivity index (χ2v) is 5.68. The number of pyridine rings is 1. The largest absolute Gasteiger partial charge is 0.370 e. The fourth-order valence-electron chi connectivity index (χ4n) is 2.79. The molecule has 0 aliphatic heterocycles. The smallest absolute Gasteiger partial charge is 0.194 e. The first-order valence-electron chi connectivity index (χ1n) is 7.42. The zero-order valence-corrected chi connectivity index (χ0v) is 12.3. The molecule has 22 heavy (non-hydrogen) atoms. The molecule has 1 aliphatic rings. The highest BCUT2D eigenvalue weighted by Gasteiger charge is 2.38. The first kappa shape index (κ1) is 14.5. The van der Waals surface area contributed by atoms with E-state index in [0.717, 1.165) is 18.4 Å².